The Bertz CT molecular complexity index is 969. The average molecular weight is 399 g/mol. The molecule has 0 spiro atoms. The predicted octanol–water partition coefficient (Wildman–Crippen LogP) is 5.34. The van der Waals surface area contributed by atoms with Crippen LogP contribution in [0.2, 0.25) is 5.02 Å². The van der Waals surface area contributed by atoms with Gasteiger partial charge in [-0.2, -0.15) is 0 Å². The standard InChI is InChI=1S/C21H19ClN2O2S/c1-2-3-20-23-17(13-27-20)15-6-9-19-18(10-15)24(21(25)12-26-19)11-14-4-7-16(22)8-5-14/h4-10,13H,2-3,11-12H2,1H3. The highest BCUT2D eigenvalue weighted by atomic mass is 35.5. The van der Waals surface area contributed by atoms with Crippen molar-refractivity contribution in [2.75, 3.05) is 11.5 Å². The lowest BCUT2D eigenvalue weighted by molar-refractivity contribution is -0.121. The molecule has 4 nitrogen and oxygen atoms in total. The summed E-state index contributed by atoms with van der Waals surface area (Å²) in [5.41, 5.74) is 3.73. The number of carbonyl (C=O) groups is 1. The highest BCUT2D eigenvalue weighted by molar-refractivity contribution is 7.09. The zero-order valence-corrected chi connectivity index (χ0v) is 16.5. The number of ether oxygens (including phenoxy) is 1. The van der Waals surface area contributed by atoms with Crippen LogP contribution in [0.25, 0.3) is 11.3 Å². The molecule has 0 unspecified atom stereocenters. The summed E-state index contributed by atoms with van der Waals surface area (Å²) in [7, 11) is 0. The number of nitrogens with zero attached hydrogens (tertiary/aromatic N) is 2. The molecule has 1 amide bonds. The van der Waals surface area contributed by atoms with Crippen molar-refractivity contribution >= 4 is 34.5 Å². The highest BCUT2D eigenvalue weighted by Gasteiger charge is 2.26. The van der Waals surface area contributed by atoms with E-state index in [1.807, 2.05) is 42.5 Å². The van der Waals surface area contributed by atoms with Gasteiger partial charge < -0.3 is 9.64 Å². The molecule has 0 saturated heterocycles. The Balaban J connectivity index is 1.67. The maximum atomic E-state index is 12.5. The van der Waals surface area contributed by atoms with Gasteiger partial charge in [0.15, 0.2) is 6.61 Å². The highest BCUT2D eigenvalue weighted by Crippen LogP contribution is 2.37. The predicted molar refractivity (Wildman–Crippen MR) is 110 cm³/mol. The van der Waals surface area contributed by atoms with Crippen molar-refractivity contribution in [3.63, 3.8) is 0 Å². The van der Waals surface area contributed by atoms with Crippen molar-refractivity contribution in [3.8, 4) is 17.0 Å². The number of fused-ring (bicyclic) bond motifs is 1. The number of rotatable bonds is 5. The normalized spacial score (nSPS) is 13.4. The molecule has 6 heteroatoms. The summed E-state index contributed by atoms with van der Waals surface area (Å²) in [6, 6.07) is 13.5. The Morgan fingerprint density at radius 3 is 2.81 bits per heavy atom. The van der Waals surface area contributed by atoms with E-state index in [2.05, 4.69) is 12.3 Å². The molecule has 0 saturated carbocycles. The molecule has 138 valence electrons. The van der Waals surface area contributed by atoms with E-state index in [0.717, 1.165) is 46.1 Å². The van der Waals surface area contributed by atoms with Crippen LogP contribution in [0.5, 0.6) is 5.75 Å². The zero-order chi connectivity index (χ0) is 18.8. The number of hydrogen-bond acceptors (Lipinski definition) is 4. The lowest BCUT2D eigenvalue weighted by atomic mass is 10.1. The van der Waals surface area contributed by atoms with E-state index >= 15 is 0 Å². The van der Waals surface area contributed by atoms with Gasteiger partial charge in [-0.05, 0) is 48.7 Å². The smallest absolute Gasteiger partial charge is 0.265 e. The third-order valence-corrected chi connectivity index (χ3v) is 5.63. The van der Waals surface area contributed by atoms with Crippen molar-refractivity contribution in [2.24, 2.45) is 0 Å². The molecular formula is C21H19ClN2O2S. The Morgan fingerprint density at radius 2 is 2.04 bits per heavy atom. The number of anilines is 1. The topological polar surface area (TPSA) is 42.4 Å². The van der Waals surface area contributed by atoms with E-state index in [-0.39, 0.29) is 12.5 Å². The van der Waals surface area contributed by atoms with E-state index in [9.17, 15) is 4.79 Å². The van der Waals surface area contributed by atoms with Gasteiger partial charge in [0.05, 0.1) is 22.9 Å². The molecule has 4 rings (SSSR count). The summed E-state index contributed by atoms with van der Waals surface area (Å²) in [6.07, 6.45) is 2.06. The van der Waals surface area contributed by atoms with Gasteiger partial charge in [0.25, 0.3) is 5.91 Å². The van der Waals surface area contributed by atoms with Crippen molar-refractivity contribution in [1.29, 1.82) is 0 Å². The number of amides is 1. The molecule has 0 bridgehead atoms. The molecule has 1 aliphatic rings. The summed E-state index contributed by atoms with van der Waals surface area (Å²) in [5.74, 6) is 0.663. The second-order valence-corrected chi connectivity index (χ2v) is 7.83. The first-order valence-corrected chi connectivity index (χ1v) is 10.2. The van der Waals surface area contributed by atoms with E-state index in [1.165, 1.54) is 0 Å². The number of carbonyl (C=O) groups excluding carboxylic acids is 1. The second kappa shape index (κ2) is 7.71. The van der Waals surface area contributed by atoms with Crippen molar-refractivity contribution in [2.45, 2.75) is 26.3 Å². The van der Waals surface area contributed by atoms with Gasteiger partial charge in [0.2, 0.25) is 0 Å². The van der Waals surface area contributed by atoms with E-state index < -0.39 is 0 Å². The van der Waals surface area contributed by atoms with Gasteiger partial charge in [0, 0.05) is 16.0 Å². The molecule has 0 aliphatic carbocycles. The van der Waals surface area contributed by atoms with E-state index in [0.29, 0.717) is 11.6 Å². The molecular weight excluding hydrogens is 380 g/mol. The number of aryl methyl sites for hydroxylation is 1. The molecule has 3 aromatic rings. The van der Waals surface area contributed by atoms with Gasteiger partial charge in [-0.25, -0.2) is 4.98 Å². The van der Waals surface area contributed by atoms with Crippen LogP contribution in [0.1, 0.15) is 23.9 Å². The number of aromatic nitrogens is 1. The molecule has 0 fully saturated rings. The van der Waals surface area contributed by atoms with Gasteiger partial charge in [-0.3, -0.25) is 4.79 Å². The first kappa shape index (κ1) is 18.0. The molecule has 27 heavy (non-hydrogen) atoms. The number of halogens is 1. The Hall–Kier alpha value is -2.37. The third-order valence-electron chi connectivity index (χ3n) is 4.47. The maximum absolute atomic E-state index is 12.5. The summed E-state index contributed by atoms with van der Waals surface area (Å²) in [6.45, 7) is 2.68. The van der Waals surface area contributed by atoms with Crippen LogP contribution in [0.4, 0.5) is 5.69 Å². The van der Waals surface area contributed by atoms with Crippen LogP contribution < -0.4 is 9.64 Å². The van der Waals surface area contributed by atoms with Crippen molar-refractivity contribution in [1.82, 2.24) is 4.98 Å². The Labute approximate surface area is 167 Å². The summed E-state index contributed by atoms with van der Waals surface area (Å²) in [5, 5.41) is 3.89. The summed E-state index contributed by atoms with van der Waals surface area (Å²) < 4.78 is 5.63. The Kier molecular flexibility index (Phi) is 5.14. The van der Waals surface area contributed by atoms with Crippen LogP contribution >= 0.6 is 22.9 Å². The minimum absolute atomic E-state index is 0.0529. The van der Waals surface area contributed by atoms with Gasteiger partial charge in [-0.15, -0.1) is 11.3 Å². The fourth-order valence-electron chi connectivity index (χ4n) is 3.08. The van der Waals surface area contributed by atoms with Gasteiger partial charge >= 0.3 is 0 Å². The molecule has 0 atom stereocenters. The molecule has 0 radical (unpaired) electrons. The lowest BCUT2D eigenvalue weighted by Crippen LogP contribution is -2.38. The van der Waals surface area contributed by atoms with Crippen LogP contribution in [-0.2, 0) is 17.8 Å². The number of hydrogen-bond donors (Lipinski definition) is 0. The first-order valence-electron chi connectivity index (χ1n) is 8.90. The van der Waals surface area contributed by atoms with Gasteiger partial charge in [0.1, 0.15) is 5.75 Å². The zero-order valence-electron chi connectivity index (χ0n) is 14.9. The van der Waals surface area contributed by atoms with Gasteiger partial charge in [-0.1, -0.05) is 30.7 Å². The van der Waals surface area contributed by atoms with Crippen molar-refractivity contribution < 1.29 is 9.53 Å². The van der Waals surface area contributed by atoms with E-state index in [1.54, 1.807) is 16.2 Å². The molecule has 2 aromatic carbocycles. The molecule has 0 N–H and O–H groups in total. The summed E-state index contributed by atoms with van der Waals surface area (Å²) in [4.78, 5) is 19.0. The maximum Gasteiger partial charge on any atom is 0.265 e. The largest absolute Gasteiger partial charge is 0.482 e. The van der Waals surface area contributed by atoms with Crippen LogP contribution in [0.15, 0.2) is 47.8 Å². The minimum atomic E-state index is -0.0560. The summed E-state index contributed by atoms with van der Waals surface area (Å²) >= 11 is 7.65. The van der Waals surface area contributed by atoms with Crippen LogP contribution in [0, 0.1) is 0 Å². The second-order valence-electron chi connectivity index (χ2n) is 6.45. The number of benzene rings is 2. The third kappa shape index (κ3) is 3.84. The van der Waals surface area contributed by atoms with Crippen LogP contribution in [-0.4, -0.2) is 17.5 Å². The monoisotopic (exact) mass is 398 g/mol. The lowest BCUT2D eigenvalue weighted by Gasteiger charge is -2.30. The van der Waals surface area contributed by atoms with E-state index in [4.69, 9.17) is 21.3 Å². The molecule has 2 heterocycles. The Morgan fingerprint density at radius 1 is 1.22 bits per heavy atom. The number of thiazole rings is 1. The van der Waals surface area contributed by atoms with Crippen LogP contribution in [0.3, 0.4) is 0 Å². The first-order chi connectivity index (χ1) is 13.1. The SMILES string of the molecule is CCCc1nc(-c2ccc3c(c2)N(Cc2ccc(Cl)cc2)C(=O)CO3)cs1. The molecule has 1 aromatic heterocycles. The minimum Gasteiger partial charge on any atom is -0.482 e. The fraction of sp³-hybridized carbons (Fsp3) is 0.238. The average Bonchev–Trinajstić information content (AvgIpc) is 3.14. The van der Waals surface area contributed by atoms with Crippen molar-refractivity contribution in [3.05, 3.63) is 63.4 Å². The molecule has 1 aliphatic heterocycles. The fourth-order valence-corrected chi connectivity index (χ4v) is 4.11. The quantitative estimate of drug-likeness (QED) is 0.582.